The fourth-order valence-electron chi connectivity index (χ4n) is 2.20. The van der Waals surface area contributed by atoms with Crippen LogP contribution in [0.3, 0.4) is 0 Å². The van der Waals surface area contributed by atoms with Gasteiger partial charge in [0.25, 0.3) is 0 Å². The number of hydrogen-bond acceptors (Lipinski definition) is 2. The number of hydrogen-bond donors (Lipinski definition) is 0. The van der Waals surface area contributed by atoms with Crippen LogP contribution in [0.15, 0.2) is 18.2 Å². The molecule has 0 spiro atoms. The maximum atomic E-state index is 6.46. The molecule has 2 atom stereocenters. The number of rotatable bonds is 5. The third-order valence-corrected chi connectivity index (χ3v) is 3.91. The average Bonchev–Trinajstić information content (AvgIpc) is 2.61. The van der Waals surface area contributed by atoms with Gasteiger partial charge in [-0.15, -0.1) is 11.6 Å². The van der Waals surface area contributed by atoms with Crippen molar-refractivity contribution in [2.75, 3.05) is 13.2 Å². The number of halogens is 1. The Morgan fingerprint density at radius 3 is 2.68 bits per heavy atom. The summed E-state index contributed by atoms with van der Waals surface area (Å²) in [5.74, 6) is 2.10. The third-order valence-electron chi connectivity index (χ3n) is 3.44. The van der Waals surface area contributed by atoms with Gasteiger partial charge in [0.05, 0.1) is 18.6 Å². The molecule has 3 heteroatoms. The van der Waals surface area contributed by atoms with Gasteiger partial charge in [0.1, 0.15) is 0 Å². The lowest BCUT2D eigenvalue weighted by atomic mass is 10.1. The Bertz CT molecular complexity index is 406. The number of fused-ring (bicyclic) bond motifs is 1. The lowest BCUT2D eigenvalue weighted by molar-refractivity contribution is 0.228. The highest BCUT2D eigenvalue weighted by atomic mass is 35.5. The second-order valence-corrected chi connectivity index (χ2v) is 5.92. The van der Waals surface area contributed by atoms with Crippen LogP contribution in [0.25, 0.3) is 0 Å². The summed E-state index contributed by atoms with van der Waals surface area (Å²) in [7, 11) is 0. The van der Waals surface area contributed by atoms with E-state index in [1.807, 2.05) is 12.1 Å². The largest absolute Gasteiger partial charge is 0.489 e. The highest BCUT2D eigenvalue weighted by molar-refractivity contribution is 6.20. The fourth-order valence-corrected chi connectivity index (χ4v) is 2.49. The van der Waals surface area contributed by atoms with Crippen LogP contribution in [0.4, 0.5) is 0 Å². The molecule has 1 aromatic carbocycles. The molecule has 0 saturated carbocycles. The molecule has 2 rings (SSSR count). The van der Waals surface area contributed by atoms with Gasteiger partial charge in [0, 0.05) is 5.92 Å². The van der Waals surface area contributed by atoms with Gasteiger partial charge in [0.2, 0.25) is 0 Å². The Kier molecular flexibility index (Phi) is 5.38. The molecule has 0 aromatic heterocycles. The summed E-state index contributed by atoms with van der Waals surface area (Å²) in [5, 5.41) is 0.0705. The van der Waals surface area contributed by atoms with E-state index in [0.29, 0.717) is 19.1 Å². The van der Waals surface area contributed by atoms with E-state index in [9.17, 15) is 0 Å². The highest BCUT2D eigenvalue weighted by Crippen LogP contribution is 2.36. The quantitative estimate of drug-likeness (QED) is 0.562. The first-order valence-electron chi connectivity index (χ1n) is 7.24. The summed E-state index contributed by atoms with van der Waals surface area (Å²) in [4.78, 5) is 0. The van der Waals surface area contributed by atoms with Crippen LogP contribution in [-0.2, 0) is 0 Å². The Morgan fingerprint density at radius 2 is 1.95 bits per heavy atom. The van der Waals surface area contributed by atoms with Gasteiger partial charge in [-0.05, 0) is 24.1 Å². The monoisotopic (exact) mass is 282 g/mol. The van der Waals surface area contributed by atoms with Crippen molar-refractivity contribution >= 4 is 11.6 Å². The molecule has 106 valence electrons. The normalized spacial score (nSPS) is 19.8. The fraction of sp³-hybridized carbons (Fsp3) is 0.625. The zero-order chi connectivity index (χ0) is 13.7. The minimum Gasteiger partial charge on any atom is -0.489 e. The number of unbranched alkanes of at least 4 members (excludes halogenated alkanes) is 2. The first kappa shape index (κ1) is 14.5. The molecule has 19 heavy (non-hydrogen) atoms. The Hall–Kier alpha value is -0.890. The van der Waals surface area contributed by atoms with Crippen molar-refractivity contribution in [2.45, 2.75) is 44.9 Å². The molecule has 1 heterocycles. The second-order valence-electron chi connectivity index (χ2n) is 5.40. The lowest BCUT2D eigenvalue weighted by Gasteiger charge is -2.13. The van der Waals surface area contributed by atoms with E-state index in [2.05, 4.69) is 19.9 Å². The van der Waals surface area contributed by atoms with Gasteiger partial charge in [-0.1, -0.05) is 39.2 Å². The zero-order valence-corrected chi connectivity index (χ0v) is 12.6. The molecule has 2 nitrogen and oxygen atoms in total. The van der Waals surface area contributed by atoms with Crippen molar-refractivity contribution < 1.29 is 9.47 Å². The van der Waals surface area contributed by atoms with E-state index in [-0.39, 0.29) is 5.38 Å². The summed E-state index contributed by atoms with van der Waals surface area (Å²) >= 11 is 6.46. The summed E-state index contributed by atoms with van der Waals surface area (Å²) in [5.41, 5.74) is 1.13. The van der Waals surface area contributed by atoms with Crippen LogP contribution in [0, 0.1) is 5.92 Å². The Balaban J connectivity index is 2.03. The van der Waals surface area contributed by atoms with Crippen molar-refractivity contribution in [1.82, 2.24) is 0 Å². The van der Waals surface area contributed by atoms with Crippen LogP contribution in [-0.4, -0.2) is 13.2 Å². The zero-order valence-electron chi connectivity index (χ0n) is 11.8. The van der Waals surface area contributed by atoms with Gasteiger partial charge < -0.3 is 9.47 Å². The standard InChI is InChI=1S/C16H23ClO2/c1-3-4-5-6-14(17)13-7-8-15-16(9-13)19-11-12(2)10-18-15/h7-9,12,14H,3-6,10-11H2,1-2H3. The first-order valence-corrected chi connectivity index (χ1v) is 7.68. The van der Waals surface area contributed by atoms with E-state index in [4.69, 9.17) is 21.1 Å². The predicted molar refractivity (Wildman–Crippen MR) is 79.3 cm³/mol. The second kappa shape index (κ2) is 7.04. The lowest BCUT2D eigenvalue weighted by Crippen LogP contribution is -2.12. The van der Waals surface area contributed by atoms with Crippen LogP contribution in [0.2, 0.25) is 0 Å². The van der Waals surface area contributed by atoms with E-state index in [1.165, 1.54) is 19.3 Å². The maximum Gasteiger partial charge on any atom is 0.161 e. The summed E-state index contributed by atoms with van der Waals surface area (Å²) in [6, 6.07) is 6.08. The molecule has 0 N–H and O–H groups in total. The molecule has 0 aliphatic carbocycles. The number of alkyl halides is 1. The van der Waals surface area contributed by atoms with Gasteiger partial charge in [-0.3, -0.25) is 0 Å². The van der Waals surface area contributed by atoms with Crippen molar-refractivity contribution in [1.29, 1.82) is 0 Å². The van der Waals surface area contributed by atoms with E-state index >= 15 is 0 Å². The van der Waals surface area contributed by atoms with Crippen molar-refractivity contribution in [3.63, 3.8) is 0 Å². The van der Waals surface area contributed by atoms with Gasteiger partial charge in [0.15, 0.2) is 11.5 Å². The van der Waals surface area contributed by atoms with Crippen molar-refractivity contribution in [3.05, 3.63) is 23.8 Å². The summed E-state index contributed by atoms with van der Waals surface area (Å²) < 4.78 is 11.5. The van der Waals surface area contributed by atoms with Crippen LogP contribution in [0.5, 0.6) is 11.5 Å². The van der Waals surface area contributed by atoms with Crippen LogP contribution >= 0.6 is 11.6 Å². The number of ether oxygens (including phenoxy) is 2. The smallest absolute Gasteiger partial charge is 0.161 e. The van der Waals surface area contributed by atoms with E-state index < -0.39 is 0 Å². The molecular weight excluding hydrogens is 260 g/mol. The predicted octanol–water partition coefficient (Wildman–Crippen LogP) is 4.95. The molecule has 1 aromatic rings. The highest BCUT2D eigenvalue weighted by Gasteiger charge is 2.17. The molecule has 0 amide bonds. The number of benzene rings is 1. The summed E-state index contributed by atoms with van der Waals surface area (Å²) in [6.45, 7) is 5.76. The van der Waals surface area contributed by atoms with E-state index in [1.54, 1.807) is 0 Å². The molecular formula is C16H23ClO2. The SMILES string of the molecule is CCCCCC(Cl)c1ccc2c(c1)OCC(C)CO2. The van der Waals surface area contributed by atoms with Gasteiger partial charge >= 0.3 is 0 Å². The Labute approximate surface area is 121 Å². The third kappa shape index (κ3) is 4.04. The topological polar surface area (TPSA) is 18.5 Å². The van der Waals surface area contributed by atoms with Gasteiger partial charge in [-0.25, -0.2) is 0 Å². The molecule has 1 aliphatic heterocycles. The molecule has 0 fully saturated rings. The molecule has 0 saturated heterocycles. The average molecular weight is 283 g/mol. The molecule has 1 aliphatic rings. The Morgan fingerprint density at radius 1 is 1.21 bits per heavy atom. The molecule has 0 radical (unpaired) electrons. The van der Waals surface area contributed by atoms with E-state index in [0.717, 1.165) is 23.5 Å². The first-order chi connectivity index (χ1) is 9.20. The minimum atomic E-state index is 0.0705. The molecule has 0 bridgehead atoms. The minimum absolute atomic E-state index is 0.0705. The summed E-state index contributed by atoms with van der Waals surface area (Å²) in [6.07, 6.45) is 4.66. The van der Waals surface area contributed by atoms with Crippen molar-refractivity contribution in [3.8, 4) is 11.5 Å². The molecule has 2 unspecified atom stereocenters. The van der Waals surface area contributed by atoms with Crippen molar-refractivity contribution in [2.24, 2.45) is 5.92 Å². The van der Waals surface area contributed by atoms with Gasteiger partial charge in [-0.2, -0.15) is 0 Å². The van der Waals surface area contributed by atoms with Crippen LogP contribution in [0.1, 0.15) is 50.5 Å². The van der Waals surface area contributed by atoms with Crippen LogP contribution < -0.4 is 9.47 Å². The maximum absolute atomic E-state index is 6.46.